The van der Waals surface area contributed by atoms with Gasteiger partial charge in [-0.25, -0.2) is 19.3 Å². The molecule has 0 spiro atoms. The average Bonchev–Trinajstić information content (AvgIpc) is 3.12. The van der Waals surface area contributed by atoms with E-state index in [0.29, 0.717) is 28.9 Å². The van der Waals surface area contributed by atoms with Gasteiger partial charge in [0.05, 0.1) is 40.7 Å². The Morgan fingerprint density at radius 3 is 2.76 bits per heavy atom. The molecule has 0 aliphatic rings. The zero-order valence-electron chi connectivity index (χ0n) is 16.3. The Hall–Kier alpha value is -2.84. The van der Waals surface area contributed by atoms with E-state index in [4.69, 9.17) is 9.47 Å². The number of aromatic nitrogens is 3. The van der Waals surface area contributed by atoms with Gasteiger partial charge in [-0.2, -0.15) is 0 Å². The van der Waals surface area contributed by atoms with Crippen LogP contribution in [0.25, 0.3) is 31.8 Å². The molecule has 1 atom stereocenters. The number of aryl methyl sites for hydroxylation is 1. The largest absolute Gasteiger partial charge is 0.488 e. The van der Waals surface area contributed by atoms with E-state index in [1.807, 2.05) is 26.0 Å². The summed E-state index contributed by atoms with van der Waals surface area (Å²) >= 11 is 1.43. The summed E-state index contributed by atoms with van der Waals surface area (Å²) in [6.45, 7) is 3.86. The minimum atomic E-state index is -0.628. The van der Waals surface area contributed by atoms with Crippen molar-refractivity contribution >= 4 is 32.6 Å². The van der Waals surface area contributed by atoms with Gasteiger partial charge in [0.25, 0.3) is 0 Å². The van der Waals surface area contributed by atoms with Crippen molar-refractivity contribution in [1.29, 1.82) is 0 Å². The lowest BCUT2D eigenvalue weighted by Crippen LogP contribution is -2.16. The van der Waals surface area contributed by atoms with Crippen LogP contribution in [-0.4, -0.2) is 39.9 Å². The van der Waals surface area contributed by atoms with Crippen LogP contribution in [0.3, 0.4) is 0 Å². The molecule has 0 saturated carbocycles. The number of rotatable bonds is 6. The van der Waals surface area contributed by atoms with E-state index in [1.54, 1.807) is 19.4 Å². The molecule has 6 nitrogen and oxygen atoms in total. The van der Waals surface area contributed by atoms with Gasteiger partial charge in [-0.3, -0.25) is 0 Å². The van der Waals surface area contributed by atoms with Crippen LogP contribution < -0.4 is 9.47 Å². The van der Waals surface area contributed by atoms with Gasteiger partial charge in [0.1, 0.15) is 11.6 Å². The first-order valence-electron chi connectivity index (χ1n) is 9.21. The topological polar surface area (TPSA) is 77.4 Å². The highest BCUT2D eigenvalue weighted by atomic mass is 32.1. The molecule has 29 heavy (non-hydrogen) atoms. The molecule has 8 heteroatoms. The highest BCUT2D eigenvalue weighted by molar-refractivity contribution is 7.21. The Morgan fingerprint density at radius 1 is 1.17 bits per heavy atom. The Morgan fingerprint density at radius 2 is 2.00 bits per heavy atom. The Balaban J connectivity index is 1.78. The van der Waals surface area contributed by atoms with Gasteiger partial charge in [-0.1, -0.05) is 6.92 Å². The summed E-state index contributed by atoms with van der Waals surface area (Å²) in [6, 6.07) is 6.91. The smallest absolute Gasteiger partial charge is 0.232 e. The van der Waals surface area contributed by atoms with Crippen molar-refractivity contribution in [3.63, 3.8) is 0 Å². The van der Waals surface area contributed by atoms with E-state index in [2.05, 4.69) is 15.0 Å². The summed E-state index contributed by atoms with van der Waals surface area (Å²) in [4.78, 5) is 13.6. The minimum Gasteiger partial charge on any atom is -0.488 e. The number of benzene rings is 2. The first-order valence-corrected chi connectivity index (χ1v) is 10.0. The second kappa shape index (κ2) is 7.88. The molecule has 0 amide bonds. The van der Waals surface area contributed by atoms with Crippen LogP contribution in [0, 0.1) is 12.7 Å². The Kier molecular flexibility index (Phi) is 5.29. The molecular weight excluding hydrogens is 393 g/mol. The number of ether oxygens (including phenoxy) is 2. The molecule has 0 aliphatic heterocycles. The van der Waals surface area contributed by atoms with Gasteiger partial charge < -0.3 is 14.6 Å². The second-order valence-electron chi connectivity index (χ2n) is 6.74. The normalized spacial score (nSPS) is 12.4. The number of hydrogen-bond acceptors (Lipinski definition) is 7. The minimum absolute atomic E-state index is 0.0462. The van der Waals surface area contributed by atoms with Crippen LogP contribution in [0.1, 0.15) is 18.9 Å². The molecule has 0 aliphatic carbocycles. The van der Waals surface area contributed by atoms with Gasteiger partial charge in [-0.05, 0) is 31.0 Å². The van der Waals surface area contributed by atoms with Crippen LogP contribution in [0.15, 0.2) is 30.5 Å². The third-order valence-electron chi connectivity index (χ3n) is 4.55. The standard InChI is InChI=1S/C21H20FN3O3S/c1-4-12(26)10-28-17-8-18-15(7-14(17)22)25-21(29-18)13-5-11(2)6-16-20(13)23-9-19(24-16)27-3/h5-9,12,26H,4,10H2,1-3H3/t12-/m1/s1. The van der Waals surface area contributed by atoms with Crippen LogP contribution >= 0.6 is 11.3 Å². The zero-order chi connectivity index (χ0) is 20.5. The number of aliphatic hydroxyl groups is 1. The predicted octanol–water partition coefficient (Wildman–Crippen LogP) is 4.51. The van der Waals surface area contributed by atoms with Crippen molar-refractivity contribution in [3.8, 4) is 22.2 Å². The predicted molar refractivity (Wildman–Crippen MR) is 111 cm³/mol. The van der Waals surface area contributed by atoms with E-state index in [9.17, 15) is 9.50 Å². The average molecular weight is 413 g/mol. The fraction of sp³-hybridized carbons (Fsp3) is 0.286. The van der Waals surface area contributed by atoms with Gasteiger partial charge in [0.15, 0.2) is 11.6 Å². The van der Waals surface area contributed by atoms with Gasteiger partial charge in [-0.15, -0.1) is 11.3 Å². The van der Waals surface area contributed by atoms with Crippen LogP contribution in [0.2, 0.25) is 0 Å². The number of thiazole rings is 1. The lowest BCUT2D eigenvalue weighted by molar-refractivity contribution is 0.102. The summed E-state index contributed by atoms with van der Waals surface area (Å²) in [5.41, 5.74) is 3.81. The number of methoxy groups -OCH3 is 1. The van der Waals surface area contributed by atoms with Crippen LogP contribution in [-0.2, 0) is 0 Å². The summed E-state index contributed by atoms with van der Waals surface area (Å²) < 4.78 is 25.8. The Labute approximate surface area is 171 Å². The highest BCUT2D eigenvalue weighted by Crippen LogP contribution is 2.37. The monoisotopic (exact) mass is 413 g/mol. The lowest BCUT2D eigenvalue weighted by atomic mass is 10.1. The first-order chi connectivity index (χ1) is 14.0. The highest BCUT2D eigenvalue weighted by Gasteiger charge is 2.16. The zero-order valence-corrected chi connectivity index (χ0v) is 17.1. The van der Waals surface area contributed by atoms with Crippen molar-refractivity contribution in [3.05, 3.63) is 41.8 Å². The quantitative estimate of drug-likeness (QED) is 0.501. The number of fused-ring (bicyclic) bond motifs is 2. The molecule has 0 fully saturated rings. The van der Waals surface area contributed by atoms with Gasteiger partial charge in [0, 0.05) is 17.7 Å². The van der Waals surface area contributed by atoms with Crippen molar-refractivity contribution in [2.24, 2.45) is 0 Å². The molecule has 2 aromatic heterocycles. The molecular formula is C21H20FN3O3S. The van der Waals surface area contributed by atoms with Crippen molar-refractivity contribution in [1.82, 2.24) is 15.0 Å². The van der Waals surface area contributed by atoms with Gasteiger partial charge in [0.2, 0.25) is 5.88 Å². The number of halogens is 1. The molecule has 0 saturated heterocycles. The SMILES string of the molecule is CC[C@@H](O)COc1cc2sc(-c3cc(C)cc4nc(OC)cnc34)nc2cc1F. The molecule has 150 valence electrons. The molecule has 0 unspecified atom stereocenters. The van der Waals surface area contributed by atoms with E-state index in [1.165, 1.54) is 17.4 Å². The maximum atomic E-state index is 14.4. The Bertz CT molecular complexity index is 1190. The fourth-order valence-corrected chi connectivity index (χ4v) is 3.96. The van der Waals surface area contributed by atoms with Crippen molar-refractivity contribution in [2.75, 3.05) is 13.7 Å². The fourth-order valence-electron chi connectivity index (χ4n) is 2.97. The van der Waals surface area contributed by atoms with Crippen LogP contribution in [0.5, 0.6) is 11.6 Å². The van der Waals surface area contributed by atoms with Crippen LogP contribution in [0.4, 0.5) is 4.39 Å². The number of aliphatic hydroxyl groups excluding tert-OH is 1. The molecule has 1 N–H and O–H groups in total. The molecule has 0 bridgehead atoms. The molecule has 4 aromatic rings. The maximum Gasteiger partial charge on any atom is 0.232 e. The summed E-state index contributed by atoms with van der Waals surface area (Å²) in [5.74, 6) is 0.0478. The van der Waals surface area contributed by atoms with E-state index in [-0.39, 0.29) is 12.4 Å². The summed E-state index contributed by atoms with van der Waals surface area (Å²) in [6.07, 6.45) is 1.48. The van der Waals surface area contributed by atoms with E-state index >= 15 is 0 Å². The first kappa shape index (κ1) is 19.5. The molecule has 2 aromatic carbocycles. The summed E-state index contributed by atoms with van der Waals surface area (Å²) in [7, 11) is 1.55. The maximum absolute atomic E-state index is 14.4. The number of nitrogens with zero attached hydrogens (tertiary/aromatic N) is 3. The van der Waals surface area contributed by atoms with Gasteiger partial charge >= 0.3 is 0 Å². The molecule has 4 rings (SSSR count). The second-order valence-corrected chi connectivity index (χ2v) is 7.77. The van der Waals surface area contributed by atoms with Crippen molar-refractivity contribution < 1.29 is 19.0 Å². The molecule has 2 heterocycles. The number of hydrogen-bond donors (Lipinski definition) is 1. The van der Waals surface area contributed by atoms with E-state index < -0.39 is 11.9 Å². The lowest BCUT2D eigenvalue weighted by Gasteiger charge is -2.10. The third kappa shape index (κ3) is 3.86. The van der Waals surface area contributed by atoms with E-state index in [0.717, 1.165) is 20.8 Å². The molecule has 0 radical (unpaired) electrons. The summed E-state index contributed by atoms with van der Waals surface area (Å²) in [5, 5.41) is 10.4. The van der Waals surface area contributed by atoms with Crippen molar-refractivity contribution in [2.45, 2.75) is 26.4 Å². The third-order valence-corrected chi connectivity index (χ3v) is 5.60.